The van der Waals surface area contributed by atoms with Gasteiger partial charge >= 0.3 is 0 Å². The van der Waals surface area contributed by atoms with Crippen molar-refractivity contribution in [3.8, 4) is 34.3 Å². The summed E-state index contributed by atoms with van der Waals surface area (Å²) >= 11 is 0. The molecule has 8 heteroatoms. The van der Waals surface area contributed by atoms with E-state index >= 15 is 0 Å². The summed E-state index contributed by atoms with van der Waals surface area (Å²) in [4.78, 5) is 26.3. The van der Waals surface area contributed by atoms with Crippen molar-refractivity contribution in [3.63, 3.8) is 0 Å². The number of anilines is 1. The number of carbonyl (C=O) groups is 1. The van der Waals surface area contributed by atoms with Crippen LogP contribution in [-0.4, -0.2) is 33.8 Å². The van der Waals surface area contributed by atoms with Crippen LogP contribution in [-0.2, 0) is 4.79 Å². The van der Waals surface area contributed by atoms with Crippen LogP contribution < -0.4 is 29.7 Å². The summed E-state index contributed by atoms with van der Waals surface area (Å²) in [6, 6.07) is 15.8. The van der Waals surface area contributed by atoms with Gasteiger partial charge in [0.15, 0.2) is 12.4 Å². The third-order valence-electron chi connectivity index (χ3n) is 5.66. The van der Waals surface area contributed by atoms with Crippen LogP contribution in [0.4, 0.5) is 5.69 Å². The number of ether oxygens (including phenoxy) is 4. The van der Waals surface area contributed by atoms with Gasteiger partial charge in [-0.3, -0.25) is 9.59 Å². The molecule has 0 aliphatic heterocycles. The number of fused-ring (bicyclic) bond motifs is 1. The summed E-state index contributed by atoms with van der Waals surface area (Å²) in [6.45, 7) is 3.37. The average molecular weight is 490 g/mol. The molecule has 1 N–H and O–H groups in total. The molecule has 8 nitrogen and oxygen atoms in total. The highest BCUT2D eigenvalue weighted by molar-refractivity contribution is 5.94. The normalized spacial score (nSPS) is 10.7. The third-order valence-corrected chi connectivity index (χ3v) is 5.66. The van der Waals surface area contributed by atoms with Gasteiger partial charge < -0.3 is 28.7 Å². The fourth-order valence-corrected chi connectivity index (χ4v) is 3.92. The van der Waals surface area contributed by atoms with E-state index in [1.54, 1.807) is 62.8 Å². The van der Waals surface area contributed by atoms with Gasteiger partial charge in [-0.2, -0.15) is 0 Å². The lowest BCUT2D eigenvalue weighted by atomic mass is 10.1. The average Bonchev–Trinajstić information content (AvgIpc) is 2.88. The van der Waals surface area contributed by atoms with Crippen LogP contribution in [0.5, 0.6) is 23.0 Å². The molecule has 0 spiro atoms. The van der Waals surface area contributed by atoms with E-state index in [4.69, 9.17) is 23.4 Å². The van der Waals surface area contributed by atoms with Crippen LogP contribution in [0.25, 0.3) is 22.3 Å². The molecule has 1 aromatic heterocycles. The molecule has 36 heavy (non-hydrogen) atoms. The number of hydrogen-bond acceptors (Lipinski definition) is 7. The Hall–Kier alpha value is -4.46. The molecule has 0 unspecified atom stereocenters. The molecule has 1 heterocycles. The predicted octanol–water partition coefficient (Wildman–Crippen LogP) is 5.12. The first-order valence-corrected chi connectivity index (χ1v) is 11.2. The summed E-state index contributed by atoms with van der Waals surface area (Å²) in [5.41, 5.74) is 2.91. The van der Waals surface area contributed by atoms with Gasteiger partial charge in [0.2, 0.25) is 11.2 Å². The monoisotopic (exact) mass is 489 g/mol. The highest BCUT2D eigenvalue weighted by Gasteiger charge is 2.21. The van der Waals surface area contributed by atoms with Crippen molar-refractivity contribution in [1.82, 2.24) is 0 Å². The summed E-state index contributed by atoms with van der Waals surface area (Å²) in [5, 5.41) is 3.12. The van der Waals surface area contributed by atoms with Crippen LogP contribution in [0.3, 0.4) is 0 Å². The summed E-state index contributed by atoms with van der Waals surface area (Å²) < 4.78 is 27.8. The standard InChI is InChI=1S/C28H27NO7/c1-16-12-17(2)26-21(13-16)25(31)28(27(36-26)18-6-8-19(32-3)9-7-18)35-15-24(30)29-22-11-10-20(33-4)14-23(22)34-5/h6-14H,15H2,1-5H3,(H,29,30). The Bertz CT molecular complexity index is 1470. The maximum Gasteiger partial charge on any atom is 0.262 e. The minimum atomic E-state index is -0.473. The second kappa shape index (κ2) is 10.4. The van der Waals surface area contributed by atoms with Gasteiger partial charge in [0.25, 0.3) is 5.91 Å². The maximum atomic E-state index is 13.5. The lowest BCUT2D eigenvalue weighted by Crippen LogP contribution is -2.23. The number of rotatable bonds is 8. The highest BCUT2D eigenvalue weighted by Crippen LogP contribution is 2.34. The van der Waals surface area contributed by atoms with E-state index in [0.717, 1.165) is 11.1 Å². The van der Waals surface area contributed by atoms with Crippen LogP contribution in [0, 0.1) is 13.8 Å². The minimum absolute atomic E-state index is 0.0467. The number of nitrogens with one attached hydrogen (secondary N) is 1. The SMILES string of the molecule is COc1ccc(-c2oc3c(C)cc(C)cc3c(=O)c2OCC(=O)Nc2ccc(OC)cc2OC)cc1. The first kappa shape index (κ1) is 24.7. The molecule has 0 saturated heterocycles. The molecular weight excluding hydrogens is 462 g/mol. The number of hydrogen-bond donors (Lipinski definition) is 1. The topological polar surface area (TPSA) is 96.2 Å². The van der Waals surface area contributed by atoms with E-state index in [1.807, 2.05) is 19.9 Å². The van der Waals surface area contributed by atoms with Crippen molar-refractivity contribution in [2.75, 3.05) is 33.3 Å². The lowest BCUT2D eigenvalue weighted by Gasteiger charge is -2.14. The highest BCUT2D eigenvalue weighted by atomic mass is 16.5. The van der Waals surface area contributed by atoms with Crippen molar-refractivity contribution < 1.29 is 28.2 Å². The van der Waals surface area contributed by atoms with Gasteiger partial charge in [0.1, 0.15) is 22.8 Å². The van der Waals surface area contributed by atoms with Crippen LogP contribution >= 0.6 is 0 Å². The second-order valence-corrected chi connectivity index (χ2v) is 8.18. The van der Waals surface area contributed by atoms with E-state index in [0.29, 0.717) is 39.5 Å². The maximum absolute atomic E-state index is 13.5. The number of aryl methyl sites for hydroxylation is 2. The third kappa shape index (κ3) is 4.98. The Kier molecular flexibility index (Phi) is 7.15. The Morgan fingerprint density at radius 1 is 0.889 bits per heavy atom. The van der Waals surface area contributed by atoms with Crippen LogP contribution in [0.15, 0.2) is 63.8 Å². The molecule has 0 fully saturated rings. The second-order valence-electron chi connectivity index (χ2n) is 8.18. The van der Waals surface area contributed by atoms with Crippen molar-refractivity contribution in [1.29, 1.82) is 0 Å². The molecule has 0 aliphatic carbocycles. The number of carbonyl (C=O) groups excluding carboxylic acids is 1. The Balaban J connectivity index is 1.70. The number of benzene rings is 3. The quantitative estimate of drug-likeness (QED) is 0.367. The largest absolute Gasteiger partial charge is 0.497 e. The number of amides is 1. The van der Waals surface area contributed by atoms with Crippen molar-refractivity contribution in [2.24, 2.45) is 0 Å². The van der Waals surface area contributed by atoms with Crippen molar-refractivity contribution >= 4 is 22.6 Å². The molecule has 1 amide bonds. The molecule has 0 saturated carbocycles. The first-order valence-electron chi connectivity index (χ1n) is 11.2. The Morgan fingerprint density at radius 3 is 2.25 bits per heavy atom. The van der Waals surface area contributed by atoms with Gasteiger partial charge in [-0.25, -0.2) is 0 Å². The molecule has 0 aliphatic rings. The van der Waals surface area contributed by atoms with Gasteiger partial charge in [0.05, 0.1) is 32.4 Å². The van der Waals surface area contributed by atoms with E-state index in [2.05, 4.69) is 5.32 Å². The zero-order chi connectivity index (χ0) is 25.8. The molecular formula is C28H27NO7. The predicted molar refractivity (Wildman–Crippen MR) is 138 cm³/mol. The molecule has 3 aromatic carbocycles. The molecule has 0 radical (unpaired) electrons. The van der Waals surface area contributed by atoms with Crippen molar-refractivity contribution in [2.45, 2.75) is 13.8 Å². The van der Waals surface area contributed by atoms with Crippen molar-refractivity contribution in [3.05, 3.63) is 75.9 Å². The fraction of sp³-hybridized carbons (Fsp3) is 0.214. The Labute approximate surface area is 208 Å². The van der Waals surface area contributed by atoms with E-state index in [-0.39, 0.29) is 16.9 Å². The molecule has 0 bridgehead atoms. The van der Waals surface area contributed by atoms with Crippen LogP contribution in [0.2, 0.25) is 0 Å². The number of methoxy groups -OCH3 is 3. The van der Waals surface area contributed by atoms with E-state index in [1.165, 1.54) is 7.11 Å². The zero-order valence-electron chi connectivity index (χ0n) is 20.8. The zero-order valence-corrected chi connectivity index (χ0v) is 20.8. The lowest BCUT2D eigenvalue weighted by molar-refractivity contribution is -0.118. The Morgan fingerprint density at radius 2 is 1.58 bits per heavy atom. The summed E-state index contributed by atoms with van der Waals surface area (Å²) in [7, 11) is 4.60. The van der Waals surface area contributed by atoms with Crippen LogP contribution in [0.1, 0.15) is 11.1 Å². The van der Waals surface area contributed by atoms with E-state index < -0.39 is 12.5 Å². The summed E-state index contributed by atoms with van der Waals surface area (Å²) in [6.07, 6.45) is 0. The van der Waals surface area contributed by atoms with Gasteiger partial charge in [-0.1, -0.05) is 6.07 Å². The smallest absolute Gasteiger partial charge is 0.262 e. The minimum Gasteiger partial charge on any atom is -0.497 e. The fourth-order valence-electron chi connectivity index (χ4n) is 3.92. The summed E-state index contributed by atoms with van der Waals surface area (Å²) in [5.74, 6) is 1.39. The first-order chi connectivity index (χ1) is 17.3. The van der Waals surface area contributed by atoms with E-state index in [9.17, 15) is 9.59 Å². The van der Waals surface area contributed by atoms with Gasteiger partial charge in [0, 0.05) is 11.6 Å². The molecule has 4 rings (SSSR count). The molecule has 0 atom stereocenters. The van der Waals surface area contributed by atoms with Gasteiger partial charge in [-0.05, 0) is 67.4 Å². The molecule has 4 aromatic rings. The molecule has 186 valence electrons. The van der Waals surface area contributed by atoms with Gasteiger partial charge in [-0.15, -0.1) is 0 Å².